The lowest BCUT2D eigenvalue weighted by molar-refractivity contribution is -0.0637. The number of halogens is 1. The number of hydrogen-bond acceptors (Lipinski definition) is 4. The molecule has 2 unspecified atom stereocenters. The highest BCUT2D eigenvalue weighted by Crippen LogP contribution is 2.50. The number of aliphatic hydroxyl groups is 1. The molecule has 1 saturated heterocycles. The second-order valence-electron chi connectivity index (χ2n) is 6.47. The van der Waals surface area contributed by atoms with Gasteiger partial charge in [0.25, 0.3) is 0 Å². The summed E-state index contributed by atoms with van der Waals surface area (Å²) in [4.78, 5) is 6.89. The number of benzene rings is 2. The summed E-state index contributed by atoms with van der Waals surface area (Å²) < 4.78 is 0. The molecule has 25 heavy (non-hydrogen) atoms. The second-order valence-corrected chi connectivity index (χ2v) is 7.54. The zero-order valence-corrected chi connectivity index (χ0v) is 16.6. The van der Waals surface area contributed by atoms with Gasteiger partial charge in [-0.05, 0) is 24.0 Å². The molecule has 2 heterocycles. The number of aliphatic imine (C=N–C) groups is 1. The first-order valence-corrected chi connectivity index (χ1v) is 9.45. The average Bonchev–Trinajstić information content (AvgIpc) is 2.78. The van der Waals surface area contributed by atoms with Crippen LogP contribution in [-0.2, 0) is 6.42 Å². The minimum atomic E-state index is -0.934. The Kier molecular flexibility index (Phi) is 5.87. The van der Waals surface area contributed by atoms with E-state index in [-0.39, 0.29) is 22.2 Å². The van der Waals surface area contributed by atoms with Gasteiger partial charge in [0.1, 0.15) is 0 Å². The van der Waals surface area contributed by atoms with Gasteiger partial charge in [0.15, 0.2) is 10.9 Å². The maximum Gasteiger partial charge on any atom is 0.162 e. The van der Waals surface area contributed by atoms with Gasteiger partial charge >= 0.3 is 0 Å². The summed E-state index contributed by atoms with van der Waals surface area (Å²) in [6.07, 6.45) is 2.78. The molecule has 2 aromatic rings. The molecular formula is C20H23BrN2OS. The Morgan fingerprint density at radius 2 is 1.72 bits per heavy atom. The Bertz CT molecular complexity index is 725. The largest absolute Gasteiger partial charge is 0.369 e. The van der Waals surface area contributed by atoms with Crippen molar-refractivity contribution in [3.8, 4) is 0 Å². The molecule has 1 fully saturated rings. The molecule has 2 aliphatic rings. The summed E-state index contributed by atoms with van der Waals surface area (Å²) >= 11 is 1.71. The molecule has 2 aliphatic heterocycles. The van der Waals surface area contributed by atoms with E-state index in [2.05, 4.69) is 29.2 Å². The number of amidine groups is 1. The molecule has 0 aromatic heterocycles. The van der Waals surface area contributed by atoms with Crippen molar-refractivity contribution in [2.24, 2.45) is 4.99 Å². The topological polar surface area (TPSA) is 35.8 Å². The van der Waals surface area contributed by atoms with E-state index < -0.39 is 5.72 Å². The summed E-state index contributed by atoms with van der Waals surface area (Å²) in [6.45, 7) is 1.74. The predicted octanol–water partition coefficient (Wildman–Crippen LogP) is 4.44. The van der Waals surface area contributed by atoms with Crippen LogP contribution in [-0.4, -0.2) is 34.0 Å². The molecule has 0 radical (unpaired) electrons. The van der Waals surface area contributed by atoms with E-state index >= 15 is 0 Å². The standard InChI is InChI=1S/C20H22N2OS.BrH/c23-20(15-16-9-3-1-4-10-16)18(17-11-5-2-6-12-17)24-19-21-13-7-8-14-22(19)20;/h1-6,9-12,18,23H,7-8,13-15H2;1H. The zero-order chi connectivity index (χ0) is 16.4. The monoisotopic (exact) mass is 418 g/mol. The first-order chi connectivity index (χ1) is 11.8. The maximum atomic E-state index is 11.8. The number of thioether (sulfide) groups is 1. The highest BCUT2D eigenvalue weighted by atomic mass is 79.9. The van der Waals surface area contributed by atoms with Gasteiger partial charge in [-0.15, -0.1) is 17.0 Å². The van der Waals surface area contributed by atoms with Crippen molar-refractivity contribution in [3.05, 3.63) is 71.8 Å². The Balaban J connectivity index is 0.00000182. The number of fused-ring (bicyclic) bond motifs is 1. The zero-order valence-electron chi connectivity index (χ0n) is 14.0. The van der Waals surface area contributed by atoms with Crippen LogP contribution in [0, 0.1) is 0 Å². The SMILES string of the molecule is Br.OC1(Cc2ccccc2)C(c2ccccc2)SC2=NCCCCN21. The van der Waals surface area contributed by atoms with Gasteiger partial charge in [-0.3, -0.25) is 4.99 Å². The van der Waals surface area contributed by atoms with Gasteiger partial charge in [-0.2, -0.15) is 0 Å². The van der Waals surface area contributed by atoms with Crippen LogP contribution in [0.25, 0.3) is 0 Å². The van der Waals surface area contributed by atoms with Crippen LogP contribution in [0.4, 0.5) is 0 Å². The summed E-state index contributed by atoms with van der Waals surface area (Å²) in [5, 5.41) is 12.8. The Morgan fingerprint density at radius 3 is 2.44 bits per heavy atom. The molecule has 1 N–H and O–H groups in total. The van der Waals surface area contributed by atoms with Crippen molar-refractivity contribution >= 4 is 33.9 Å². The van der Waals surface area contributed by atoms with Crippen LogP contribution in [0.1, 0.15) is 29.2 Å². The number of nitrogens with zero attached hydrogens (tertiary/aromatic N) is 2. The lowest BCUT2D eigenvalue weighted by Gasteiger charge is -2.37. The van der Waals surface area contributed by atoms with Crippen LogP contribution in [0.5, 0.6) is 0 Å². The predicted molar refractivity (Wildman–Crippen MR) is 110 cm³/mol. The van der Waals surface area contributed by atoms with Crippen LogP contribution < -0.4 is 0 Å². The quantitative estimate of drug-likeness (QED) is 0.800. The minimum absolute atomic E-state index is 0. The van der Waals surface area contributed by atoms with E-state index in [1.54, 1.807) is 11.8 Å². The molecule has 132 valence electrons. The molecular weight excluding hydrogens is 396 g/mol. The van der Waals surface area contributed by atoms with E-state index in [1.807, 2.05) is 36.4 Å². The van der Waals surface area contributed by atoms with Crippen molar-refractivity contribution in [3.63, 3.8) is 0 Å². The Labute approximate surface area is 163 Å². The Morgan fingerprint density at radius 1 is 1.04 bits per heavy atom. The van der Waals surface area contributed by atoms with E-state index in [0.717, 1.165) is 42.2 Å². The molecule has 0 amide bonds. The van der Waals surface area contributed by atoms with Gasteiger partial charge < -0.3 is 10.0 Å². The van der Waals surface area contributed by atoms with Crippen LogP contribution in [0.3, 0.4) is 0 Å². The molecule has 0 bridgehead atoms. The smallest absolute Gasteiger partial charge is 0.162 e. The van der Waals surface area contributed by atoms with E-state index in [4.69, 9.17) is 4.99 Å². The average molecular weight is 419 g/mol. The van der Waals surface area contributed by atoms with Gasteiger partial charge in [-0.25, -0.2) is 0 Å². The fourth-order valence-corrected chi connectivity index (χ4v) is 5.03. The fraction of sp³-hybridized carbons (Fsp3) is 0.350. The third kappa shape index (κ3) is 3.64. The maximum absolute atomic E-state index is 11.8. The highest BCUT2D eigenvalue weighted by Gasteiger charge is 2.51. The van der Waals surface area contributed by atoms with Crippen LogP contribution in [0.2, 0.25) is 0 Å². The normalized spacial score (nSPS) is 25.6. The first-order valence-electron chi connectivity index (χ1n) is 8.57. The lowest BCUT2D eigenvalue weighted by Crippen LogP contribution is -2.50. The molecule has 0 saturated carbocycles. The van der Waals surface area contributed by atoms with Gasteiger partial charge in [0, 0.05) is 19.5 Å². The van der Waals surface area contributed by atoms with E-state index in [9.17, 15) is 5.11 Å². The number of hydrogen-bond donors (Lipinski definition) is 1. The number of rotatable bonds is 3. The lowest BCUT2D eigenvalue weighted by atomic mass is 9.93. The molecule has 5 heteroatoms. The van der Waals surface area contributed by atoms with E-state index in [1.165, 1.54) is 0 Å². The minimum Gasteiger partial charge on any atom is -0.369 e. The highest BCUT2D eigenvalue weighted by molar-refractivity contribution is 8.93. The van der Waals surface area contributed by atoms with Crippen LogP contribution >= 0.6 is 28.7 Å². The van der Waals surface area contributed by atoms with Gasteiger partial charge in [-0.1, -0.05) is 72.4 Å². The van der Waals surface area contributed by atoms with Crippen molar-refractivity contribution < 1.29 is 5.11 Å². The summed E-state index contributed by atoms with van der Waals surface area (Å²) in [6, 6.07) is 20.6. The van der Waals surface area contributed by atoms with Crippen molar-refractivity contribution in [2.75, 3.05) is 13.1 Å². The van der Waals surface area contributed by atoms with Crippen molar-refractivity contribution in [1.29, 1.82) is 0 Å². The van der Waals surface area contributed by atoms with Crippen molar-refractivity contribution in [1.82, 2.24) is 4.90 Å². The third-order valence-electron chi connectivity index (χ3n) is 4.79. The molecule has 0 spiro atoms. The van der Waals surface area contributed by atoms with E-state index in [0.29, 0.717) is 6.42 Å². The summed E-state index contributed by atoms with van der Waals surface area (Å²) in [7, 11) is 0. The second kappa shape index (κ2) is 7.94. The van der Waals surface area contributed by atoms with Crippen LogP contribution in [0.15, 0.2) is 65.7 Å². The van der Waals surface area contributed by atoms with Gasteiger partial charge in [0.05, 0.1) is 5.25 Å². The van der Waals surface area contributed by atoms with Gasteiger partial charge in [0.2, 0.25) is 0 Å². The molecule has 4 rings (SSSR count). The molecule has 2 atom stereocenters. The molecule has 3 nitrogen and oxygen atoms in total. The Hall–Kier alpha value is -1.30. The first kappa shape index (κ1) is 18.5. The molecule has 2 aromatic carbocycles. The van der Waals surface area contributed by atoms with Crippen molar-refractivity contribution in [2.45, 2.75) is 30.2 Å². The molecule has 0 aliphatic carbocycles. The third-order valence-corrected chi connectivity index (χ3v) is 6.23. The summed E-state index contributed by atoms with van der Waals surface area (Å²) in [5.41, 5.74) is 1.39. The fourth-order valence-electron chi connectivity index (χ4n) is 3.59. The summed E-state index contributed by atoms with van der Waals surface area (Å²) in [5.74, 6) is 0.